The standard InChI is InChI=1S/C15H19BrN2O4/c1-18(8-4-7-14(20)22-2)13(19)10-17-15(21)11-5-3-6-12(16)9-11/h3,5-6,9H,4,7-8,10H2,1-2H3,(H,17,21). The van der Waals surface area contributed by atoms with Crippen LogP contribution in [-0.4, -0.2) is 49.9 Å². The highest BCUT2D eigenvalue weighted by Gasteiger charge is 2.12. The fourth-order valence-electron chi connectivity index (χ4n) is 1.71. The summed E-state index contributed by atoms with van der Waals surface area (Å²) < 4.78 is 5.32. The number of methoxy groups -OCH3 is 1. The summed E-state index contributed by atoms with van der Waals surface area (Å²) in [7, 11) is 2.96. The molecule has 0 saturated carbocycles. The van der Waals surface area contributed by atoms with Crippen molar-refractivity contribution in [2.45, 2.75) is 12.8 Å². The van der Waals surface area contributed by atoms with E-state index < -0.39 is 0 Å². The van der Waals surface area contributed by atoms with Gasteiger partial charge in [-0.25, -0.2) is 0 Å². The van der Waals surface area contributed by atoms with Crippen LogP contribution in [0.1, 0.15) is 23.2 Å². The third-order valence-corrected chi connectivity index (χ3v) is 3.51. The van der Waals surface area contributed by atoms with Crippen LogP contribution in [0.15, 0.2) is 28.7 Å². The first-order valence-electron chi connectivity index (χ1n) is 6.78. The van der Waals surface area contributed by atoms with Crippen molar-refractivity contribution >= 4 is 33.7 Å². The number of carbonyl (C=O) groups excluding carboxylic acids is 3. The SMILES string of the molecule is COC(=O)CCCN(C)C(=O)CNC(=O)c1cccc(Br)c1. The number of benzene rings is 1. The molecule has 0 saturated heterocycles. The Labute approximate surface area is 137 Å². The number of esters is 1. The molecule has 0 aliphatic rings. The van der Waals surface area contributed by atoms with Gasteiger partial charge >= 0.3 is 5.97 Å². The van der Waals surface area contributed by atoms with Crippen LogP contribution in [0.4, 0.5) is 0 Å². The van der Waals surface area contributed by atoms with Crippen molar-refractivity contribution in [2.24, 2.45) is 0 Å². The lowest BCUT2D eigenvalue weighted by atomic mass is 10.2. The van der Waals surface area contributed by atoms with Crippen LogP contribution < -0.4 is 5.32 Å². The quantitative estimate of drug-likeness (QED) is 0.739. The summed E-state index contributed by atoms with van der Waals surface area (Å²) in [5.41, 5.74) is 0.482. The highest BCUT2D eigenvalue weighted by molar-refractivity contribution is 9.10. The summed E-state index contributed by atoms with van der Waals surface area (Å²) in [5.74, 6) is -0.824. The molecule has 0 fully saturated rings. The molecule has 0 atom stereocenters. The molecule has 0 aromatic heterocycles. The summed E-state index contributed by atoms with van der Waals surface area (Å²) in [6.07, 6.45) is 0.785. The zero-order chi connectivity index (χ0) is 16.5. The maximum absolute atomic E-state index is 11.9. The molecule has 0 aliphatic heterocycles. The van der Waals surface area contributed by atoms with Crippen molar-refractivity contribution in [1.82, 2.24) is 10.2 Å². The minimum absolute atomic E-state index is 0.0833. The zero-order valence-corrected chi connectivity index (χ0v) is 14.2. The molecule has 0 aliphatic carbocycles. The monoisotopic (exact) mass is 370 g/mol. The molecule has 0 spiro atoms. The van der Waals surface area contributed by atoms with E-state index in [-0.39, 0.29) is 30.7 Å². The summed E-state index contributed by atoms with van der Waals surface area (Å²) in [4.78, 5) is 36.2. The highest BCUT2D eigenvalue weighted by Crippen LogP contribution is 2.11. The summed E-state index contributed by atoms with van der Waals surface area (Å²) in [6.45, 7) is 0.348. The normalized spacial score (nSPS) is 9.95. The third kappa shape index (κ3) is 6.26. The van der Waals surface area contributed by atoms with Gasteiger partial charge in [-0.2, -0.15) is 0 Å². The summed E-state index contributed by atoms with van der Waals surface area (Å²) in [6, 6.07) is 6.92. The minimum atomic E-state index is -0.308. The molecule has 0 bridgehead atoms. The minimum Gasteiger partial charge on any atom is -0.469 e. The van der Waals surface area contributed by atoms with Gasteiger partial charge in [-0.1, -0.05) is 22.0 Å². The fraction of sp³-hybridized carbons (Fsp3) is 0.400. The van der Waals surface area contributed by atoms with Gasteiger partial charge in [-0.15, -0.1) is 0 Å². The van der Waals surface area contributed by atoms with Gasteiger partial charge in [-0.3, -0.25) is 14.4 Å². The molecule has 0 heterocycles. The van der Waals surface area contributed by atoms with Crippen molar-refractivity contribution in [2.75, 3.05) is 27.2 Å². The van der Waals surface area contributed by atoms with Gasteiger partial charge in [0.1, 0.15) is 0 Å². The Morgan fingerprint density at radius 2 is 2.05 bits per heavy atom. The van der Waals surface area contributed by atoms with Gasteiger partial charge in [0.15, 0.2) is 0 Å². The summed E-state index contributed by atoms with van der Waals surface area (Å²) in [5, 5.41) is 2.57. The first-order valence-corrected chi connectivity index (χ1v) is 7.58. The maximum atomic E-state index is 11.9. The van der Waals surface area contributed by atoms with Crippen molar-refractivity contribution in [3.63, 3.8) is 0 Å². The number of amides is 2. The van der Waals surface area contributed by atoms with Crippen LogP contribution in [0.5, 0.6) is 0 Å². The van der Waals surface area contributed by atoms with E-state index in [0.717, 1.165) is 4.47 Å². The Balaban J connectivity index is 2.35. The number of rotatable bonds is 7. The molecule has 6 nitrogen and oxygen atoms in total. The lowest BCUT2D eigenvalue weighted by Crippen LogP contribution is -2.38. The van der Waals surface area contributed by atoms with E-state index in [9.17, 15) is 14.4 Å². The Kier molecular flexibility index (Phi) is 7.59. The van der Waals surface area contributed by atoms with Crippen molar-refractivity contribution in [3.8, 4) is 0 Å². The van der Waals surface area contributed by atoms with Crippen LogP contribution in [0.25, 0.3) is 0 Å². The van der Waals surface area contributed by atoms with Crippen LogP contribution in [0.2, 0.25) is 0 Å². The molecule has 0 radical (unpaired) electrons. The van der Waals surface area contributed by atoms with E-state index in [4.69, 9.17) is 0 Å². The first kappa shape index (κ1) is 18.2. The molecule has 120 valence electrons. The van der Waals surface area contributed by atoms with E-state index in [1.807, 2.05) is 6.07 Å². The summed E-state index contributed by atoms with van der Waals surface area (Å²) >= 11 is 3.29. The topological polar surface area (TPSA) is 75.7 Å². The van der Waals surface area contributed by atoms with Crippen molar-refractivity contribution < 1.29 is 19.1 Å². The van der Waals surface area contributed by atoms with Gasteiger partial charge in [0, 0.05) is 30.0 Å². The van der Waals surface area contributed by atoms with E-state index >= 15 is 0 Å². The van der Waals surface area contributed by atoms with Crippen LogP contribution in [0.3, 0.4) is 0 Å². The highest BCUT2D eigenvalue weighted by atomic mass is 79.9. The van der Waals surface area contributed by atoms with Crippen LogP contribution in [0, 0.1) is 0 Å². The fourth-order valence-corrected chi connectivity index (χ4v) is 2.11. The zero-order valence-electron chi connectivity index (χ0n) is 12.6. The number of ether oxygens (including phenoxy) is 1. The Bertz CT molecular complexity index is 548. The average molecular weight is 371 g/mol. The number of hydrogen-bond acceptors (Lipinski definition) is 4. The number of hydrogen-bond donors (Lipinski definition) is 1. The maximum Gasteiger partial charge on any atom is 0.305 e. The molecular weight excluding hydrogens is 352 g/mol. The van der Waals surface area contributed by atoms with E-state index in [1.165, 1.54) is 12.0 Å². The van der Waals surface area contributed by atoms with Gasteiger partial charge in [0.05, 0.1) is 13.7 Å². The molecular formula is C15H19BrN2O4. The lowest BCUT2D eigenvalue weighted by molar-refractivity contribution is -0.141. The predicted molar refractivity (Wildman–Crippen MR) is 85.4 cm³/mol. The Morgan fingerprint density at radius 3 is 2.68 bits per heavy atom. The Morgan fingerprint density at radius 1 is 1.32 bits per heavy atom. The second kappa shape index (κ2) is 9.19. The predicted octanol–water partition coefficient (Wildman–Crippen LogP) is 1.59. The van der Waals surface area contributed by atoms with Gasteiger partial charge in [0.25, 0.3) is 5.91 Å². The van der Waals surface area contributed by atoms with E-state index in [1.54, 1.807) is 25.2 Å². The Hall–Kier alpha value is -1.89. The average Bonchev–Trinajstić information content (AvgIpc) is 2.51. The second-order valence-corrected chi connectivity index (χ2v) is 5.60. The largest absolute Gasteiger partial charge is 0.469 e. The molecule has 1 N–H and O–H groups in total. The van der Waals surface area contributed by atoms with E-state index in [0.29, 0.717) is 18.5 Å². The molecule has 22 heavy (non-hydrogen) atoms. The third-order valence-electron chi connectivity index (χ3n) is 3.01. The number of halogens is 1. The van der Waals surface area contributed by atoms with Crippen LogP contribution in [-0.2, 0) is 14.3 Å². The first-order chi connectivity index (χ1) is 10.4. The van der Waals surface area contributed by atoms with Gasteiger partial charge in [-0.05, 0) is 24.6 Å². The number of carbonyl (C=O) groups is 3. The molecule has 1 rings (SSSR count). The van der Waals surface area contributed by atoms with Crippen molar-refractivity contribution in [3.05, 3.63) is 34.3 Å². The number of nitrogens with zero attached hydrogens (tertiary/aromatic N) is 1. The second-order valence-electron chi connectivity index (χ2n) is 4.69. The van der Waals surface area contributed by atoms with Crippen molar-refractivity contribution in [1.29, 1.82) is 0 Å². The molecule has 1 aromatic rings. The molecule has 7 heteroatoms. The van der Waals surface area contributed by atoms with E-state index in [2.05, 4.69) is 26.0 Å². The number of likely N-dealkylation sites (N-methyl/N-ethyl adjacent to an activating group) is 1. The smallest absolute Gasteiger partial charge is 0.305 e. The van der Waals surface area contributed by atoms with Gasteiger partial charge in [0.2, 0.25) is 5.91 Å². The lowest BCUT2D eigenvalue weighted by Gasteiger charge is -2.17. The number of nitrogens with one attached hydrogen (secondary N) is 1. The molecule has 0 unspecified atom stereocenters. The van der Waals surface area contributed by atoms with Crippen LogP contribution >= 0.6 is 15.9 Å². The van der Waals surface area contributed by atoms with Gasteiger partial charge < -0.3 is 15.0 Å². The molecule has 1 aromatic carbocycles. The molecule has 2 amide bonds.